The van der Waals surface area contributed by atoms with Gasteiger partial charge in [-0.1, -0.05) is 15.9 Å². The fraction of sp³-hybridized carbons (Fsp3) is 0.0667. The van der Waals surface area contributed by atoms with Gasteiger partial charge in [-0.3, -0.25) is 9.59 Å². The molecule has 4 nitrogen and oxygen atoms in total. The smallest absolute Gasteiger partial charge is 0.255 e. The first-order valence-corrected chi connectivity index (χ1v) is 6.91. The SMILES string of the molecule is O=C1Cc2cc(C(=O)Nc3ccc(Br)cc3)ccc2N1. The first-order chi connectivity index (χ1) is 9.61. The average molecular weight is 331 g/mol. The van der Waals surface area contributed by atoms with Crippen molar-refractivity contribution < 1.29 is 9.59 Å². The quantitative estimate of drug-likeness (QED) is 0.888. The Kier molecular flexibility index (Phi) is 3.28. The molecule has 0 bridgehead atoms. The molecule has 0 atom stereocenters. The van der Waals surface area contributed by atoms with Gasteiger partial charge in [-0.05, 0) is 48.0 Å². The molecule has 1 heterocycles. The summed E-state index contributed by atoms with van der Waals surface area (Å²) in [7, 11) is 0. The number of benzene rings is 2. The Morgan fingerprint density at radius 1 is 1.15 bits per heavy atom. The molecule has 100 valence electrons. The lowest BCUT2D eigenvalue weighted by Crippen LogP contribution is -2.11. The molecule has 2 aromatic carbocycles. The van der Waals surface area contributed by atoms with Gasteiger partial charge in [0.15, 0.2) is 0 Å². The van der Waals surface area contributed by atoms with Gasteiger partial charge in [0.1, 0.15) is 0 Å². The number of hydrogen-bond donors (Lipinski definition) is 2. The van der Waals surface area contributed by atoms with E-state index in [2.05, 4.69) is 26.6 Å². The monoisotopic (exact) mass is 330 g/mol. The molecule has 20 heavy (non-hydrogen) atoms. The molecule has 2 amide bonds. The maximum Gasteiger partial charge on any atom is 0.255 e. The van der Waals surface area contributed by atoms with E-state index in [-0.39, 0.29) is 11.8 Å². The Hall–Kier alpha value is -2.14. The molecule has 3 rings (SSSR count). The molecule has 1 aliphatic rings. The van der Waals surface area contributed by atoms with Gasteiger partial charge in [0.2, 0.25) is 5.91 Å². The summed E-state index contributed by atoms with van der Waals surface area (Å²) in [4.78, 5) is 23.4. The van der Waals surface area contributed by atoms with Crippen molar-refractivity contribution in [2.24, 2.45) is 0 Å². The lowest BCUT2D eigenvalue weighted by molar-refractivity contribution is -0.115. The third kappa shape index (κ3) is 2.58. The van der Waals surface area contributed by atoms with Crippen LogP contribution in [0, 0.1) is 0 Å². The summed E-state index contributed by atoms with van der Waals surface area (Å²) in [6.45, 7) is 0. The van der Waals surface area contributed by atoms with Gasteiger partial charge < -0.3 is 10.6 Å². The topological polar surface area (TPSA) is 58.2 Å². The Morgan fingerprint density at radius 3 is 2.65 bits per heavy atom. The molecule has 0 radical (unpaired) electrons. The Labute approximate surface area is 124 Å². The van der Waals surface area contributed by atoms with E-state index in [1.165, 1.54) is 0 Å². The van der Waals surface area contributed by atoms with Crippen LogP contribution in [0.25, 0.3) is 0 Å². The van der Waals surface area contributed by atoms with Crippen LogP contribution in [0.5, 0.6) is 0 Å². The second-order valence-electron chi connectivity index (χ2n) is 4.56. The normalized spacial score (nSPS) is 12.8. The summed E-state index contributed by atoms with van der Waals surface area (Å²) in [6, 6.07) is 12.6. The van der Waals surface area contributed by atoms with Crippen molar-refractivity contribution in [2.45, 2.75) is 6.42 Å². The van der Waals surface area contributed by atoms with Gasteiger partial charge in [0.25, 0.3) is 5.91 Å². The van der Waals surface area contributed by atoms with Crippen molar-refractivity contribution in [1.29, 1.82) is 0 Å². The number of anilines is 2. The van der Waals surface area contributed by atoms with Crippen LogP contribution in [0.1, 0.15) is 15.9 Å². The van der Waals surface area contributed by atoms with E-state index in [0.717, 1.165) is 21.4 Å². The summed E-state index contributed by atoms with van der Waals surface area (Å²) in [5.74, 6) is -0.222. The van der Waals surface area contributed by atoms with Crippen molar-refractivity contribution >= 4 is 39.1 Å². The van der Waals surface area contributed by atoms with Crippen LogP contribution in [0.3, 0.4) is 0 Å². The molecule has 0 unspecified atom stereocenters. The van der Waals surface area contributed by atoms with Gasteiger partial charge in [-0.25, -0.2) is 0 Å². The maximum atomic E-state index is 12.2. The number of carbonyl (C=O) groups excluding carboxylic acids is 2. The minimum atomic E-state index is -0.186. The highest BCUT2D eigenvalue weighted by Gasteiger charge is 2.19. The highest BCUT2D eigenvalue weighted by molar-refractivity contribution is 9.10. The van der Waals surface area contributed by atoms with Gasteiger partial charge in [0, 0.05) is 21.4 Å². The summed E-state index contributed by atoms with van der Waals surface area (Å²) >= 11 is 3.34. The molecule has 0 fully saturated rings. The first kappa shape index (κ1) is 12.9. The second-order valence-corrected chi connectivity index (χ2v) is 5.47. The van der Waals surface area contributed by atoms with E-state index >= 15 is 0 Å². The summed E-state index contributed by atoms with van der Waals surface area (Å²) in [5, 5.41) is 5.57. The van der Waals surface area contributed by atoms with E-state index < -0.39 is 0 Å². The first-order valence-electron chi connectivity index (χ1n) is 6.11. The lowest BCUT2D eigenvalue weighted by atomic mass is 10.1. The number of amides is 2. The predicted octanol–water partition coefficient (Wildman–Crippen LogP) is 3.20. The molecule has 0 aliphatic carbocycles. The largest absolute Gasteiger partial charge is 0.326 e. The number of fused-ring (bicyclic) bond motifs is 1. The number of halogens is 1. The number of hydrogen-bond acceptors (Lipinski definition) is 2. The van der Waals surface area contributed by atoms with Crippen LogP contribution in [0.2, 0.25) is 0 Å². The molecular formula is C15H11BrN2O2. The van der Waals surface area contributed by atoms with Gasteiger partial charge in [0.05, 0.1) is 6.42 Å². The minimum absolute atomic E-state index is 0.0366. The molecule has 0 aromatic heterocycles. The van der Waals surface area contributed by atoms with Crippen LogP contribution < -0.4 is 10.6 Å². The minimum Gasteiger partial charge on any atom is -0.326 e. The third-order valence-corrected chi connectivity index (χ3v) is 3.62. The van der Waals surface area contributed by atoms with Crippen LogP contribution in [0.15, 0.2) is 46.9 Å². The number of carbonyl (C=O) groups is 2. The van der Waals surface area contributed by atoms with Crippen molar-refractivity contribution in [3.05, 3.63) is 58.1 Å². The fourth-order valence-electron chi connectivity index (χ4n) is 2.11. The molecule has 2 N–H and O–H groups in total. The molecule has 0 saturated heterocycles. The zero-order valence-corrected chi connectivity index (χ0v) is 12.0. The second kappa shape index (κ2) is 5.09. The zero-order chi connectivity index (χ0) is 14.1. The molecule has 2 aromatic rings. The Balaban J connectivity index is 1.79. The highest BCUT2D eigenvalue weighted by atomic mass is 79.9. The Morgan fingerprint density at radius 2 is 1.90 bits per heavy atom. The van der Waals surface area contributed by atoms with E-state index in [1.54, 1.807) is 18.2 Å². The van der Waals surface area contributed by atoms with Gasteiger partial charge in [-0.2, -0.15) is 0 Å². The molecule has 0 spiro atoms. The highest BCUT2D eigenvalue weighted by Crippen LogP contribution is 2.24. The molecule has 5 heteroatoms. The number of rotatable bonds is 2. The molecule has 0 saturated carbocycles. The molecule has 1 aliphatic heterocycles. The Bertz CT molecular complexity index is 696. The van der Waals surface area contributed by atoms with Gasteiger partial charge >= 0.3 is 0 Å². The van der Waals surface area contributed by atoms with E-state index in [1.807, 2.05) is 24.3 Å². The standard InChI is InChI=1S/C15H11BrN2O2/c16-11-2-4-12(5-3-11)17-15(20)9-1-6-13-10(7-9)8-14(19)18-13/h1-7H,8H2,(H,17,20)(H,18,19). The average Bonchev–Trinajstić information content (AvgIpc) is 2.80. The van der Waals surface area contributed by atoms with Crippen molar-refractivity contribution in [3.8, 4) is 0 Å². The maximum absolute atomic E-state index is 12.2. The van der Waals surface area contributed by atoms with Crippen LogP contribution in [0.4, 0.5) is 11.4 Å². The van der Waals surface area contributed by atoms with Gasteiger partial charge in [-0.15, -0.1) is 0 Å². The van der Waals surface area contributed by atoms with Crippen LogP contribution >= 0.6 is 15.9 Å². The molecular weight excluding hydrogens is 320 g/mol. The van der Waals surface area contributed by atoms with Crippen molar-refractivity contribution in [1.82, 2.24) is 0 Å². The van der Waals surface area contributed by atoms with Crippen LogP contribution in [-0.2, 0) is 11.2 Å². The van der Waals surface area contributed by atoms with Crippen LogP contribution in [-0.4, -0.2) is 11.8 Å². The number of nitrogens with one attached hydrogen (secondary N) is 2. The summed E-state index contributed by atoms with van der Waals surface area (Å²) in [5.41, 5.74) is 2.92. The van der Waals surface area contributed by atoms with Crippen molar-refractivity contribution in [2.75, 3.05) is 10.6 Å². The predicted molar refractivity (Wildman–Crippen MR) is 80.9 cm³/mol. The van der Waals surface area contributed by atoms with Crippen molar-refractivity contribution in [3.63, 3.8) is 0 Å². The lowest BCUT2D eigenvalue weighted by Gasteiger charge is -2.06. The summed E-state index contributed by atoms with van der Waals surface area (Å²) < 4.78 is 0.956. The van der Waals surface area contributed by atoms with E-state index in [9.17, 15) is 9.59 Å². The van der Waals surface area contributed by atoms with E-state index in [4.69, 9.17) is 0 Å². The summed E-state index contributed by atoms with van der Waals surface area (Å²) in [6.07, 6.45) is 0.328. The third-order valence-electron chi connectivity index (χ3n) is 3.09. The fourth-order valence-corrected chi connectivity index (χ4v) is 2.37. The van der Waals surface area contributed by atoms with E-state index in [0.29, 0.717) is 12.0 Å². The zero-order valence-electron chi connectivity index (χ0n) is 10.4.